The Labute approximate surface area is 98.0 Å². The van der Waals surface area contributed by atoms with Gasteiger partial charge in [-0.1, -0.05) is 24.3 Å². The predicted molar refractivity (Wildman–Crippen MR) is 60.8 cm³/mol. The Kier molecular flexibility index (Phi) is 3.67. The van der Waals surface area contributed by atoms with Crippen LogP contribution in [0.25, 0.3) is 0 Å². The summed E-state index contributed by atoms with van der Waals surface area (Å²) >= 11 is 5.47. The molecule has 0 spiro atoms. The van der Waals surface area contributed by atoms with E-state index >= 15 is 0 Å². The monoisotopic (exact) mass is 241 g/mol. The number of aliphatic carboxylic acids is 1. The van der Waals surface area contributed by atoms with Crippen molar-refractivity contribution < 1.29 is 14.7 Å². The van der Waals surface area contributed by atoms with Crippen molar-refractivity contribution in [3.8, 4) is 0 Å². The van der Waals surface area contributed by atoms with Crippen LogP contribution in [-0.4, -0.2) is 28.3 Å². The number of carbonyl (C=O) groups excluding carboxylic acids is 1. The molecule has 0 heterocycles. The Morgan fingerprint density at radius 1 is 1.44 bits per heavy atom. The second-order valence-corrected chi connectivity index (χ2v) is 3.82. The summed E-state index contributed by atoms with van der Waals surface area (Å²) in [6, 6.07) is 6.65. The van der Waals surface area contributed by atoms with E-state index in [0.717, 1.165) is 0 Å². The third-order valence-corrected chi connectivity index (χ3v) is 2.81. The van der Waals surface area contributed by atoms with Crippen molar-refractivity contribution in [3.05, 3.63) is 35.4 Å². The van der Waals surface area contributed by atoms with E-state index < -0.39 is 23.2 Å². The van der Waals surface area contributed by atoms with Gasteiger partial charge >= 0.3 is 5.97 Å². The van der Waals surface area contributed by atoms with Gasteiger partial charge in [0, 0.05) is 5.56 Å². The molecule has 0 bridgehead atoms. The molecule has 1 aromatic carbocycles. The number of benzene rings is 1. The van der Waals surface area contributed by atoms with Crippen molar-refractivity contribution in [2.24, 2.45) is 5.73 Å². The molecule has 0 aliphatic heterocycles. The van der Waals surface area contributed by atoms with E-state index in [1.807, 2.05) is 0 Å². The van der Waals surface area contributed by atoms with Crippen LogP contribution in [0.15, 0.2) is 24.3 Å². The van der Waals surface area contributed by atoms with Crippen LogP contribution in [0.5, 0.6) is 0 Å². The normalized spacial score (nSPS) is 14.2. The number of Topliss-reactive ketones (excluding diaryl/α,β-unsaturated/α-hetero) is 1. The minimum absolute atomic E-state index is 0.285. The molecular weight excluding hydrogens is 230 g/mol. The first-order valence-electron chi connectivity index (χ1n) is 4.62. The lowest BCUT2D eigenvalue weighted by Crippen LogP contribution is -2.56. The van der Waals surface area contributed by atoms with E-state index in [1.54, 1.807) is 25.1 Å². The van der Waals surface area contributed by atoms with Crippen molar-refractivity contribution in [2.45, 2.75) is 12.5 Å². The smallest absolute Gasteiger partial charge is 0.333 e. The molecule has 3 N–H and O–H groups in total. The molecule has 0 aliphatic rings. The number of ketones is 1. The zero-order chi connectivity index (χ0) is 12.3. The highest BCUT2D eigenvalue weighted by Gasteiger charge is 2.42. The first-order valence-corrected chi connectivity index (χ1v) is 5.15. The van der Waals surface area contributed by atoms with Crippen LogP contribution in [0.3, 0.4) is 0 Å². The van der Waals surface area contributed by atoms with Gasteiger partial charge < -0.3 is 10.8 Å². The number of carbonyl (C=O) groups is 2. The predicted octanol–water partition coefficient (Wildman–Crippen LogP) is 1.20. The van der Waals surface area contributed by atoms with Crippen LogP contribution in [0.1, 0.15) is 15.9 Å². The molecule has 5 heteroatoms. The van der Waals surface area contributed by atoms with Crippen LogP contribution >= 0.6 is 11.6 Å². The minimum Gasteiger partial charge on any atom is -0.479 e. The summed E-state index contributed by atoms with van der Waals surface area (Å²) in [5.41, 5.74) is 4.40. The van der Waals surface area contributed by atoms with Crippen LogP contribution in [0, 0.1) is 6.92 Å². The Morgan fingerprint density at radius 3 is 2.44 bits per heavy atom. The van der Waals surface area contributed by atoms with Gasteiger partial charge in [-0.2, -0.15) is 0 Å². The maximum Gasteiger partial charge on any atom is 0.333 e. The number of rotatable bonds is 4. The van der Waals surface area contributed by atoms with Crippen LogP contribution in [0.2, 0.25) is 0 Å². The summed E-state index contributed by atoms with van der Waals surface area (Å²) in [4.78, 5) is 22.9. The molecule has 4 nitrogen and oxygen atoms in total. The molecule has 0 aromatic heterocycles. The maximum atomic E-state index is 12.0. The average Bonchev–Trinajstić information content (AvgIpc) is 2.27. The standard InChI is InChI=1S/C11H12ClNO3/c1-7-4-2-3-5-8(7)9(14)11(13,6-12)10(15)16/h2-5H,6,13H2,1H3,(H,15,16). The first kappa shape index (κ1) is 12.7. The van der Waals surface area contributed by atoms with Gasteiger partial charge in [-0.25, -0.2) is 4.79 Å². The molecule has 0 radical (unpaired) electrons. The topological polar surface area (TPSA) is 80.4 Å². The highest BCUT2D eigenvalue weighted by molar-refractivity contribution is 6.27. The largest absolute Gasteiger partial charge is 0.479 e. The van der Waals surface area contributed by atoms with Gasteiger partial charge in [0.15, 0.2) is 11.3 Å². The van der Waals surface area contributed by atoms with E-state index in [4.69, 9.17) is 22.4 Å². The van der Waals surface area contributed by atoms with Gasteiger partial charge in [0.25, 0.3) is 0 Å². The fourth-order valence-electron chi connectivity index (χ4n) is 1.28. The van der Waals surface area contributed by atoms with Gasteiger partial charge in [0.05, 0.1) is 5.88 Å². The first-order chi connectivity index (χ1) is 7.43. The van der Waals surface area contributed by atoms with Gasteiger partial charge in [0.2, 0.25) is 0 Å². The molecule has 1 aromatic rings. The summed E-state index contributed by atoms with van der Waals surface area (Å²) in [5, 5.41) is 8.92. The van der Waals surface area contributed by atoms with Gasteiger partial charge in [0.1, 0.15) is 0 Å². The molecular formula is C11H12ClNO3. The van der Waals surface area contributed by atoms with Crippen molar-refractivity contribution >= 4 is 23.4 Å². The summed E-state index contributed by atoms with van der Waals surface area (Å²) in [5.74, 6) is -2.56. The van der Waals surface area contributed by atoms with Crippen LogP contribution in [-0.2, 0) is 4.79 Å². The molecule has 16 heavy (non-hydrogen) atoms. The average molecular weight is 242 g/mol. The molecule has 1 unspecified atom stereocenters. The quantitative estimate of drug-likeness (QED) is 0.472. The number of hydrogen-bond acceptors (Lipinski definition) is 3. The fourth-order valence-corrected chi connectivity index (χ4v) is 1.52. The molecule has 0 amide bonds. The zero-order valence-corrected chi connectivity index (χ0v) is 9.49. The Bertz CT molecular complexity index is 433. The molecule has 0 fully saturated rings. The number of carboxylic acid groups (broad SMARTS) is 1. The number of alkyl halides is 1. The number of halogens is 1. The Morgan fingerprint density at radius 2 is 2.00 bits per heavy atom. The molecule has 1 rings (SSSR count). The highest BCUT2D eigenvalue weighted by atomic mass is 35.5. The Hall–Kier alpha value is -1.39. The van der Waals surface area contributed by atoms with Gasteiger partial charge in [-0.3, -0.25) is 4.79 Å². The van der Waals surface area contributed by atoms with E-state index in [2.05, 4.69) is 0 Å². The van der Waals surface area contributed by atoms with Gasteiger partial charge in [-0.05, 0) is 12.5 Å². The van der Waals surface area contributed by atoms with Crippen molar-refractivity contribution in [2.75, 3.05) is 5.88 Å². The fraction of sp³-hybridized carbons (Fsp3) is 0.273. The van der Waals surface area contributed by atoms with E-state index in [1.165, 1.54) is 6.07 Å². The summed E-state index contributed by atoms with van der Waals surface area (Å²) in [7, 11) is 0. The third kappa shape index (κ3) is 2.08. The number of aryl methyl sites for hydroxylation is 1. The lowest BCUT2D eigenvalue weighted by molar-refractivity contribution is -0.140. The van der Waals surface area contributed by atoms with Gasteiger partial charge in [-0.15, -0.1) is 11.6 Å². The van der Waals surface area contributed by atoms with Crippen molar-refractivity contribution in [1.29, 1.82) is 0 Å². The molecule has 1 atom stereocenters. The van der Waals surface area contributed by atoms with Crippen molar-refractivity contribution in [1.82, 2.24) is 0 Å². The minimum atomic E-state index is -2.06. The second-order valence-electron chi connectivity index (χ2n) is 3.55. The number of nitrogens with two attached hydrogens (primary N) is 1. The van der Waals surface area contributed by atoms with E-state index in [9.17, 15) is 9.59 Å². The summed E-state index contributed by atoms with van der Waals surface area (Å²) in [6.07, 6.45) is 0. The SMILES string of the molecule is Cc1ccccc1C(=O)C(N)(CCl)C(=O)O. The zero-order valence-electron chi connectivity index (χ0n) is 8.74. The van der Waals surface area contributed by atoms with E-state index in [0.29, 0.717) is 5.56 Å². The number of carboxylic acids is 1. The van der Waals surface area contributed by atoms with Crippen LogP contribution in [0.4, 0.5) is 0 Å². The Balaban J connectivity index is 3.21. The lowest BCUT2D eigenvalue weighted by Gasteiger charge is -2.20. The molecule has 0 aliphatic carbocycles. The summed E-state index contributed by atoms with van der Waals surface area (Å²) in [6.45, 7) is 1.71. The third-order valence-electron chi connectivity index (χ3n) is 2.39. The molecule has 86 valence electrons. The van der Waals surface area contributed by atoms with Crippen molar-refractivity contribution in [3.63, 3.8) is 0 Å². The van der Waals surface area contributed by atoms with Crippen LogP contribution < -0.4 is 5.73 Å². The highest BCUT2D eigenvalue weighted by Crippen LogP contribution is 2.16. The molecule has 0 saturated carbocycles. The maximum absolute atomic E-state index is 12.0. The lowest BCUT2D eigenvalue weighted by atomic mass is 9.90. The van der Waals surface area contributed by atoms with E-state index in [-0.39, 0.29) is 5.56 Å². The number of hydrogen-bond donors (Lipinski definition) is 2. The second kappa shape index (κ2) is 4.63. The molecule has 0 saturated heterocycles. The summed E-state index contributed by atoms with van der Waals surface area (Å²) < 4.78 is 0.